The summed E-state index contributed by atoms with van der Waals surface area (Å²) in [6.45, 7) is 11.5. The molecule has 8 heteroatoms. The molecule has 1 aliphatic rings. The van der Waals surface area contributed by atoms with Gasteiger partial charge in [-0.05, 0) is 52.9 Å². The standard InChI is InChI=1S/C22H34IN3O3Si/c1-22(2,3)30(6,7)28-13-19-18(27)11-20(29-19)26-12-15(23)21-16(24-14-25(4)5)9-8-10-17(21)26/h8-10,12,14,18-20,27H,11,13H2,1-7H3/b24-14+/t18?,19-,20-/m1/s1. The van der Waals surface area contributed by atoms with Gasteiger partial charge in [0.15, 0.2) is 8.32 Å². The van der Waals surface area contributed by atoms with Crippen LogP contribution in [0.25, 0.3) is 10.9 Å². The zero-order chi connectivity index (χ0) is 22.3. The Morgan fingerprint density at radius 3 is 2.70 bits per heavy atom. The van der Waals surface area contributed by atoms with E-state index in [1.54, 1.807) is 0 Å². The van der Waals surface area contributed by atoms with Gasteiger partial charge < -0.3 is 23.7 Å². The van der Waals surface area contributed by atoms with Crippen molar-refractivity contribution in [1.82, 2.24) is 9.47 Å². The molecule has 2 heterocycles. The molecular formula is C22H34IN3O3Si. The molecule has 2 aromatic rings. The summed E-state index contributed by atoms with van der Waals surface area (Å²) in [6.07, 6.45) is 3.39. The summed E-state index contributed by atoms with van der Waals surface area (Å²) < 4.78 is 15.9. The summed E-state index contributed by atoms with van der Waals surface area (Å²) in [5, 5.41) is 11.9. The van der Waals surface area contributed by atoms with Crippen molar-refractivity contribution in [3.63, 3.8) is 0 Å². The average Bonchev–Trinajstić information content (AvgIpc) is 3.17. The Kier molecular flexibility index (Phi) is 7.03. The molecule has 166 valence electrons. The molecule has 3 atom stereocenters. The summed E-state index contributed by atoms with van der Waals surface area (Å²) >= 11 is 2.35. The first-order valence-electron chi connectivity index (χ1n) is 10.4. The maximum atomic E-state index is 10.7. The number of aliphatic hydroxyl groups is 1. The molecule has 1 aromatic heterocycles. The molecule has 1 N–H and O–H groups in total. The molecule has 1 aliphatic heterocycles. The number of rotatable bonds is 6. The Morgan fingerprint density at radius 1 is 1.37 bits per heavy atom. The molecule has 0 amide bonds. The molecule has 1 aromatic carbocycles. The Balaban J connectivity index is 1.81. The van der Waals surface area contributed by atoms with E-state index in [-0.39, 0.29) is 17.4 Å². The summed E-state index contributed by atoms with van der Waals surface area (Å²) in [5.74, 6) is 0. The van der Waals surface area contributed by atoms with Crippen molar-refractivity contribution in [2.45, 2.75) is 63.8 Å². The first-order chi connectivity index (χ1) is 13.9. The number of aliphatic imine (C=N–C) groups is 1. The Morgan fingerprint density at radius 2 is 2.07 bits per heavy atom. The molecule has 0 saturated carbocycles. The summed E-state index contributed by atoms with van der Waals surface area (Å²) in [5.41, 5.74) is 2.00. The Hall–Kier alpha value is -0.943. The van der Waals surface area contributed by atoms with Gasteiger partial charge in [0.25, 0.3) is 0 Å². The maximum Gasteiger partial charge on any atom is 0.192 e. The van der Waals surface area contributed by atoms with Crippen LogP contribution in [0, 0.1) is 3.57 Å². The highest BCUT2D eigenvalue weighted by Gasteiger charge is 2.41. The van der Waals surface area contributed by atoms with Crippen molar-refractivity contribution in [1.29, 1.82) is 0 Å². The van der Waals surface area contributed by atoms with Gasteiger partial charge in [0.05, 0.1) is 30.3 Å². The first kappa shape index (κ1) is 23.7. The molecule has 0 spiro atoms. The van der Waals surface area contributed by atoms with Crippen molar-refractivity contribution in [3.05, 3.63) is 28.0 Å². The van der Waals surface area contributed by atoms with Crippen molar-refractivity contribution in [2.24, 2.45) is 4.99 Å². The van der Waals surface area contributed by atoms with E-state index in [2.05, 4.69) is 78.3 Å². The summed E-state index contributed by atoms with van der Waals surface area (Å²) in [7, 11) is 2.03. The van der Waals surface area contributed by atoms with Crippen molar-refractivity contribution < 1.29 is 14.3 Å². The van der Waals surface area contributed by atoms with Crippen LogP contribution in [0.3, 0.4) is 0 Å². The van der Waals surface area contributed by atoms with Gasteiger partial charge >= 0.3 is 0 Å². The number of benzene rings is 1. The topological polar surface area (TPSA) is 59.2 Å². The average molecular weight is 544 g/mol. The molecule has 0 bridgehead atoms. The highest BCUT2D eigenvalue weighted by molar-refractivity contribution is 14.1. The molecular weight excluding hydrogens is 509 g/mol. The second kappa shape index (κ2) is 8.89. The SMILES string of the molecule is CN(C)/C=N/c1cccc2c1c(I)cn2[C@H]1CC(O)[C@@H](CO[Si](C)(C)C(C)(C)C)O1. The molecule has 1 saturated heterocycles. The van der Waals surface area contributed by atoms with Crippen LogP contribution in [-0.4, -0.2) is 62.1 Å². The highest BCUT2D eigenvalue weighted by atomic mass is 127. The van der Waals surface area contributed by atoms with Crippen molar-refractivity contribution >= 4 is 53.8 Å². The minimum atomic E-state index is -1.89. The molecule has 0 aliphatic carbocycles. The zero-order valence-electron chi connectivity index (χ0n) is 19.0. The lowest BCUT2D eigenvalue weighted by atomic mass is 10.2. The minimum absolute atomic E-state index is 0.131. The molecule has 3 rings (SSSR count). The largest absolute Gasteiger partial charge is 0.414 e. The fourth-order valence-electron chi connectivity index (χ4n) is 3.31. The minimum Gasteiger partial charge on any atom is -0.414 e. The first-order valence-corrected chi connectivity index (χ1v) is 14.4. The van der Waals surface area contributed by atoms with Crippen LogP contribution in [-0.2, 0) is 9.16 Å². The van der Waals surface area contributed by atoms with Crippen molar-refractivity contribution in [2.75, 3.05) is 20.7 Å². The Bertz CT molecular complexity index is 920. The third-order valence-corrected chi connectivity index (χ3v) is 11.5. The van der Waals surface area contributed by atoms with Crippen molar-refractivity contribution in [3.8, 4) is 0 Å². The van der Waals surface area contributed by atoms with Gasteiger partial charge in [-0.3, -0.25) is 0 Å². The van der Waals surface area contributed by atoms with Gasteiger partial charge in [0.2, 0.25) is 0 Å². The number of halogens is 1. The quantitative estimate of drug-likeness (QED) is 0.237. The fourth-order valence-corrected chi connectivity index (χ4v) is 5.18. The second-order valence-electron chi connectivity index (χ2n) is 9.77. The predicted molar refractivity (Wildman–Crippen MR) is 134 cm³/mol. The van der Waals surface area contributed by atoms with E-state index in [0.717, 1.165) is 20.2 Å². The fraction of sp³-hybridized carbons (Fsp3) is 0.591. The smallest absolute Gasteiger partial charge is 0.192 e. The van der Waals surface area contributed by atoms with Gasteiger partial charge in [-0.25, -0.2) is 4.99 Å². The lowest BCUT2D eigenvalue weighted by Gasteiger charge is -2.37. The molecule has 30 heavy (non-hydrogen) atoms. The van der Waals surface area contributed by atoms with E-state index in [9.17, 15) is 5.11 Å². The van der Waals surface area contributed by atoms with Gasteiger partial charge in [0, 0.05) is 35.7 Å². The van der Waals surface area contributed by atoms with E-state index in [1.807, 2.05) is 37.5 Å². The number of aromatic nitrogens is 1. The summed E-state index contributed by atoms with van der Waals surface area (Å²) in [6, 6.07) is 6.12. The van der Waals surface area contributed by atoms with Gasteiger partial charge in [-0.1, -0.05) is 26.8 Å². The van der Waals surface area contributed by atoms with Crippen LogP contribution in [0.2, 0.25) is 18.1 Å². The van der Waals surface area contributed by atoms with E-state index in [0.29, 0.717) is 13.0 Å². The van der Waals surface area contributed by atoms with E-state index >= 15 is 0 Å². The monoisotopic (exact) mass is 543 g/mol. The van der Waals surface area contributed by atoms with Gasteiger partial charge in [-0.2, -0.15) is 0 Å². The predicted octanol–water partition coefficient (Wildman–Crippen LogP) is 5.14. The van der Waals surface area contributed by atoms with E-state index < -0.39 is 14.4 Å². The van der Waals surface area contributed by atoms with Crippen LogP contribution >= 0.6 is 22.6 Å². The number of hydrogen-bond donors (Lipinski definition) is 1. The van der Waals surface area contributed by atoms with Gasteiger partial charge in [0.1, 0.15) is 12.3 Å². The number of ether oxygens (including phenoxy) is 1. The lowest BCUT2D eigenvalue weighted by Crippen LogP contribution is -2.43. The summed E-state index contributed by atoms with van der Waals surface area (Å²) in [4.78, 5) is 6.54. The molecule has 1 unspecified atom stereocenters. The number of aliphatic hydroxyl groups excluding tert-OH is 1. The van der Waals surface area contributed by atoms with E-state index in [4.69, 9.17) is 9.16 Å². The van der Waals surface area contributed by atoms with Crippen LogP contribution < -0.4 is 0 Å². The number of nitrogens with zero attached hydrogens (tertiary/aromatic N) is 3. The zero-order valence-corrected chi connectivity index (χ0v) is 22.2. The molecule has 6 nitrogen and oxygen atoms in total. The third-order valence-electron chi connectivity index (χ3n) is 6.15. The normalized spacial score (nSPS) is 23.0. The van der Waals surface area contributed by atoms with E-state index in [1.165, 1.54) is 0 Å². The van der Waals surface area contributed by atoms with Crippen LogP contribution in [0.4, 0.5) is 5.69 Å². The third kappa shape index (κ3) is 4.93. The van der Waals surface area contributed by atoms with Crippen LogP contribution in [0.15, 0.2) is 29.4 Å². The Labute approximate surface area is 194 Å². The number of hydrogen-bond acceptors (Lipinski definition) is 4. The second-order valence-corrected chi connectivity index (χ2v) is 15.7. The number of fused-ring (bicyclic) bond motifs is 1. The van der Waals surface area contributed by atoms with Gasteiger partial charge in [-0.15, -0.1) is 0 Å². The molecule has 0 radical (unpaired) electrons. The van der Waals surface area contributed by atoms with Crippen LogP contribution in [0.5, 0.6) is 0 Å². The lowest BCUT2D eigenvalue weighted by molar-refractivity contribution is -0.0402. The maximum absolute atomic E-state index is 10.7. The highest BCUT2D eigenvalue weighted by Crippen LogP contribution is 2.40. The molecule has 1 fully saturated rings. The van der Waals surface area contributed by atoms with Crippen LogP contribution in [0.1, 0.15) is 33.4 Å².